The number of carboxylic acid groups (broad SMARTS) is 1. The van der Waals surface area contributed by atoms with Gasteiger partial charge < -0.3 is 5.11 Å². The molecule has 1 N–H and O–H groups in total. The molecule has 0 saturated carbocycles. The van der Waals surface area contributed by atoms with E-state index in [2.05, 4.69) is 11.9 Å². The zero-order valence-electron chi connectivity index (χ0n) is 7.83. The first-order valence-corrected chi connectivity index (χ1v) is 5.12. The van der Waals surface area contributed by atoms with Crippen molar-refractivity contribution in [3.63, 3.8) is 0 Å². The Morgan fingerprint density at radius 1 is 1.62 bits per heavy atom. The standard InChI is InChI=1S/C9H13NO2S/c1-3-8-10-6(2)7(13-8)4-5-9(11)12/h3-5H2,1-2H3,(H,11,12). The second kappa shape index (κ2) is 4.37. The molecule has 0 spiro atoms. The number of hydrogen-bond acceptors (Lipinski definition) is 3. The largest absolute Gasteiger partial charge is 0.481 e. The van der Waals surface area contributed by atoms with Gasteiger partial charge in [0.05, 0.1) is 17.1 Å². The fourth-order valence-electron chi connectivity index (χ4n) is 1.09. The summed E-state index contributed by atoms with van der Waals surface area (Å²) >= 11 is 1.63. The van der Waals surface area contributed by atoms with Crippen LogP contribution in [0.5, 0.6) is 0 Å². The van der Waals surface area contributed by atoms with Gasteiger partial charge in [-0.25, -0.2) is 4.98 Å². The van der Waals surface area contributed by atoms with E-state index in [4.69, 9.17) is 5.11 Å². The van der Waals surface area contributed by atoms with Crippen LogP contribution in [0.1, 0.15) is 28.9 Å². The third-order valence-corrected chi connectivity index (χ3v) is 3.17. The molecule has 1 aromatic rings. The van der Waals surface area contributed by atoms with Crippen molar-refractivity contribution >= 4 is 17.3 Å². The van der Waals surface area contributed by atoms with Gasteiger partial charge in [-0.15, -0.1) is 11.3 Å². The van der Waals surface area contributed by atoms with Gasteiger partial charge in [0.15, 0.2) is 0 Å². The molecule has 72 valence electrons. The third kappa shape index (κ3) is 2.81. The summed E-state index contributed by atoms with van der Waals surface area (Å²) in [5.41, 5.74) is 0.989. The van der Waals surface area contributed by atoms with Crippen molar-refractivity contribution in [2.45, 2.75) is 33.1 Å². The summed E-state index contributed by atoms with van der Waals surface area (Å²) < 4.78 is 0. The van der Waals surface area contributed by atoms with E-state index in [0.29, 0.717) is 6.42 Å². The van der Waals surface area contributed by atoms with Crippen LogP contribution in [-0.2, 0) is 17.6 Å². The van der Waals surface area contributed by atoms with Crippen LogP contribution in [0.4, 0.5) is 0 Å². The molecule has 1 heterocycles. The molecule has 0 atom stereocenters. The lowest BCUT2D eigenvalue weighted by Crippen LogP contribution is -1.96. The highest BCUT2D eigenvalue weighted by Gasteiger charge is 2.07. The van der Waals surface area contributed by atoms with Gasteiger partial charge in [0.1, 0.15) is 0 Å². The van der Waals surface area contributed by atoms with E-state index in [1.165, 1.54) is 0 Å². The lowest BCUT2D eigenvalue weighted by molar-refractivity contribution is -0.136. The molecule has 0 bridgehead atoms. The number of nitrogens with zero attached hydrogens (tertiary/aromatic N) is 1. The minimum absolute atomic E-state index is 0.201. The van der Waals surface area contributed by atoms with E-state index in [0.717, 1.165) is 22.0 Å². The molecule has 3 nitrogen and oxygen atoms in total. The van der Waals surface area contributed by atoms with Gasteiger partial charge in [0.25, 0.3) is 0 Å². The number of rotatable bonds is 4. The van der Waals surface area contributed by atoms with Crippen molar-refractivity contribution < 1.29 is 9.90 Å². The van der Waals surface area contributed by atoms with Gasteiger partial charge in [-0.05, 0) is 19.8 Å². The molecule has 4 heteroatoms. The summed E-state index contributed by atoms with van der Waals surface area (Å²) in [4.78, 5) is 15.8. The summed E-state index contributed by atoms with van der Waals surface area (Å²) in [6, 6.07) is 0. The topological polar surface area (TPSA) is 50.2 Å². The van der Waals surface area contributed by atoms with Gasteiger partial charge in [0.2, 0.25) is 0 Å². The maximum absolute atomic E-state index is 10.3. The Kier molecular flexibility index (Phi) is 3.42. The van der Waals surface area contributed by atoms with Gasteiger partial charge in [0, 0.05) is 4.88 Å². The number of aliphatic carboxylic acids is 1. The van der Waals surface area contributed by atoms with Gasteiger partial charge in [-0.1, -0.05) is 6.92 Å². The number of aromatic nitrogens is 1. The fraction of sp³-hybridized carbons (Fsp3) is 0.556. The Hall–Kier alpha value is -0.900. The van der Waals surface area contributed by atoms with Crippen LogP contribution in [0.3, 0.4) is 0 Å². The first-order valence-electron chi connectivity index (χ1n) is 4.30. The van der Waals surface area contributed by atoms with E-state index in [1.54, 1.807) is 11.3 Å². The average molecular weight is 199 g/mol. The molecule has 0 unspecified atom stereocenters. The Morgan fingerprint density at radius 2 is 2.31 bits per heavy atom. The average Bonchev–Trinajstić information content (AvgIpc) is 2.43. The molecule has 1 rings (SSSR count). The number of hydrogen-bond donors (Lipinski definition) is 1. The highest BCUT2D eigenvalue weighted by atomic mass is 32.1. The predicted octanol–water partition coefficient (Wildman–Crippen LogP) is 2.03. The van der Waals surface area contributed by atoms with Crippen LogP contribution in [0, 0.1) is 6.92 Å². The van der Waals surface area contributed by atoms with Crippen LogP contribution in [0.2, 0.25) is 0 Å². The normalized spacial score (nSPS) is 10.3. The molecule has 1 aromatic heterocycles. The molecule has 13 heavy (non-hydrogen) atoms. The second-order valence-corrected chi connectivity index (χ2v) is 4.03. The van der Waals surface area contributed by atoms with Crippen molar-refractivity contribution in [3.05, 3.63) is 15.6 Å². The maximum atomic E-state index is 10.3. The first kappa shape index (κ1) is 10.2. The smallest absolute Gasteiger partial charge is 0.303 e. The maximum Gasteiger partial charge on any atom is 0.303 e. The van der Waals surface area contributed by atoms with E-state index < -0.39 is 5.97 Å². The number of aryl methyl sites for hydroxylation is 3. The van der Waals surface area contributed by atoms with Crippen LogP contribution >= 0.6 is 11.3 Å². The minimum Gasteiger partial charge on any atom is -0.481 e. The molecule has 0 aliphatic heterocycles. The van der Waals surface area contributed by atoms with E-state index in [1.807, 2.05) is 6.92 Å². The van der Waals surface area contributed by atoms with Crippen LogP contribution in [0.15, 0.2) is 0 Å². The van der Waals surface area contributed by atoms with Crippen LogP contribution in [-0.4, -0.2) is 16.1 Å². The summed E-state index contributed by atoms with van der Waals surface area (Å²) in [6.07, 6.45) is 1.74. The lowest BCUT2D eigenvalue weighted by Gasteiger charge is -1.92. The molecule has 0 aromatic carbocycles. The fourth-order valence-corrected chi connectivity index (χ4v) is 2.10. The van der Waals surface area contributed by atoms with Crippen molar-refractivity contribution in [3.8, 4) is 0 Å². The molecule has 0 aliphatic rings. The van der Waals surface area contributed by atoms with Gasteiger partial charge in [-0.3, -0.25) is 4.79 Å². The summed E-state index contributed by atoms with van der Waals surface area (Å²) in [6.45, 7) is 3.99. The molecular weight excluding hydrogens is 186 g/mol. The van der Waals surface area contributed by atoms with Gasteiger partial charge >= 0.3 is 5.97 Å². The Bertz CT molecular complexity index is 307. The number of carbonyl (C=O) groups is 1. The van der Waals surface area contributed by atoms with E-state index >= 15 is 0 Å². The van der Waals surface area contributed by atoms with Crippen molar-refractivity contribution in [2.24, 2.45) is 0 Å². The molecule has 0 amide bonds. The van der Waals surface area contributed by atoms with Crippen molar-refractivity contribution in [1.82, 2.24) is 4.98 Å². The summed E-state index contributed by atoms with van der Waals surface area (Å²) in [5, 5.41) is 9.61. The summed E-state index contributed by atoms with van der Waals surface area (Å²) in [5.74, 6) is -0.745. The number of carboxylic acids is 1. The Morgan fingerprint density at radius 3 is 2.77 bits per heavy atom. The lowest BCUT2D eigenvalue weighted by atomic mass is 10.2. The Balaban J connectivity index is 2.65. The first-order chi connectivity index (χ1) is 6.13. The van der Waals surface area contributed by atoms with E-state index in [9.17, 15) is 4.79 Å². The van der Waals surface area contributed by atoms with Gasteiger partial charge in [-0.2, -0.15) is 0 Å². The minimum atomic E-state index is -0.745. The van der Waals surface area contributed by atoms with Crippen LogP contribution < -0.4 is 0 Å². The molecule has 0 fully saturated rings. The molecule has 0 radical (unpaired) electrons. The Labute approximate surface area is 81.4 Å². The SMILES string of the molecule is CCc1nc(C)c(CCC(=O)O)s1. The third-order valence-electron chi connectivity index (χ3n) is 1.81. The summed E-state index contributed by atoms with van der Waals surface area (Å²) in [7, 11) is 0. The number of thiazole rings is 1. The quantitative estimate of drug-likeness (QED) is 0.807. The molecule has 0 aliphatic carbocycles. The zero-order chi connectivity index (χ0) is 9.84. The zero-order valence-corrected chi connectivity index (χ0v) is 8.65. The molecule has 0 saturated heterocycles. The van der Waals surface area contributed by atoms with Crippen LogP contribution in [0.25, 0.3) is 0 Å². The van der Waals surface area contributed by atoms with Crippen molar-refractivity contribution in [2.75, 3.05) is 0 Å². The predicted molar refractivity (Wildman–Crippen MR) is 52.2 cm³/mol. The van der Waals surface area contributed by atoms with Crippen molar-refractivity contribution in [1.29, 1.82) is 0 Å². The second-order valence-electron chi connectivity index (χ2n) is 2.86. The highest BCUT2D eigenvalue weighted by molar-refractivity contribution is 7.11. The highest BCUT2D eigenvalue weighted by Crippen LogP contribution is 2.19. The van der Waals surface area contributed by atoms with E-state index in [-0.39, 0.29) is 6.42 Å². The monoisotopic (exact) mass is 199 g/mol. The molecular formula is C9H13NO2S.